The first-order chi connectivity index (χ1) is 11.2. The van der Waals surface area contributed by atoms with E-state index in [4.69, 9.17) is 14.2 Å². The van der Waals surface area contributed by atoms with E-state index in [0.717, 1.165) is 37.0 Å². The number of unbranched alkanes of at least 4 members (excludes halogenated alkanes) is 3. The predicted molar refractivity (Wildman–Crippen MR) is 92.9 cm³/mol. The Morgan fingerprint density at radius 1 is 1.04 bits per heavy atom. The van der Waals surface area contributed by atoms with Crippen LogP contribution in [0.1, 0.15) is 51.5 Å². The van der Waals surface area contributed by atoms with Crippen molar-refractivity contribution in [3.05, 3.63) is 29.8 Å². The zero-order chi connectivity index (χ0) is 16.9. The lowest BCUT2D eigenvalue weighted by molar-refractivity contribution is -0.137. The third kappa shape index (κ3) is 7.73. The van der Waals surface area contributed by atoms with Crippen molar-refractivity contribution in [3.8, 4) is 11.5 Å². The summed E-state index contributed by atoms with van der Waals surface area (Å²) in [6.07, 6.45) is 8.40. The van der Waals surface area contributed by atoms with Crippen LogP contribution in [-0.4, -0.2) is 26.3 Å². The molecule has 0 heterocycles. The van der Waals surface area contributed by atoms with Crippen LogP contribution in [0.5, 0.6) is 11.5 Å². The molecule has 4 heteroatoms. The number of hydrogen-bond donors (Lipinski definition) is 0. The highest BCUT2D eigenvalue weighted by Gasteiger charge is 2.05. The van der Waals surface area contributed by atoms with Gasteiger partial charge in [0.2, 0.25) is 0 Å². The molecule has 0 atom stereocenters. The normalized spacial score (nSPS) is 10.7. The second-order valence-electron chi connectivity index (χ2n) is 5.32. The van der Waals surface area contributed by atoms with Crippen molar-refractivity contribution < 1.29 is 19.0 Å². The highest BCUT2D eigenvalue weighted by atomic mass is 16.5. The van der Waals surface area contributed by atoms with E-state index in [9.17, 15) is 4.79 Å². The Morgan fingerprint density at radius 3 is 2.52 bits per heavy atom. The highest BCUT2D eigenvalue weighted by Crippen LogP contribution is 2.28. The summed E-state index contributed by atoms with van der Waals surface area (Å²) in [7, 11) is 1.61. The van der Waals surface area contributed by atoms with Gasteiger partial charge in [-0.3, -0.25) is 0 Å². The summed E-state index contributed by atoms with van der Waals surface area (Å²) in [6, 6.07) is 5.62. The lowest BCUT2D eigenvalue weighted by atomic mass is 10.2. The van der Waals surface area contributed by atoms with E-state index in [2.05, 4.69) is 13.8 Å². The van der Waals surface area contributed by atoms with Crippen LogP contribution in [0.4, 0.5) is 0 Å². The van der Waals surface area contributed by atoms with Gasteiger partial charge in [0.05, 0.1) is 20.3 Å². The SMILES string of the molecule is CCCCCOc1ccc(/C=C/C(=O)OCCCC)cc1OC. The van der Waals surface area contributed by atoms with Gasteiger partial charge in [-0.1, -0.05) is 39.2 Å². The maximum atomic E-state index is 11.6. The lowest BCUT2D eigenvalue weighted by Gasteiger charge is -2.11. The van der Waals surface area contributed by atoms with E-state index in [0.29, 0.717) is 19.0 Å². The van der Waals surface area contributed by atoms with Crippen molar-refractivity contribution in [1.29, 1.82) is 0 Å². The van der Waals surface area contributed by atoms with Gasteiger partial charge < -0.3 is 14.2 Å². The molecule has 0 N–H and O–H groups in total. The summed E-state index contributed by atoms with van der Waals surface area (Å²) in [5, 5.41) is 0. The summed E-state index contributed by atoms with van der Waals surface area (Å²) in [4.78, 5) is 11.6. The van der Waals surface area contributed by atoms with E-state index >= 15 is 0 Å². The number of rotatable bonds is 11. The Labute approximate surface area is 139 Å². The molecule has 1 rings (SSSR count). The predicted octanol–water partition coefficient (Wildman–Crippen LogP) is 4.62. The fourth-order valence-corrected chi connectivity index (χ4v) is 1.97. The van der Waals surface area contributed by atoms with Gasteiger partial charge in [0, 0.05) is 6.08 Å². The number of carbonyl (C=O) groups is 1. The number of methoxy groups -OCH3 is 1. The van der Waals surface area contributed by atoms with Gasteiger partial charge in [0.1, 0.15) is 0 Å². The Morgan fingerprint density at radius 2 is 1.83 bits per heavy atom. The molecule has 0 radical (unpaired) electrons. The topological polar surface area (TPSA) is 44.8 Å². The van der Waals surface area contributed by atoms with Gasteiger partial charge >= 0.3 is 5.97 Å². The minimum absolute atomic E-state index is 0.322. The van der Waals surface area contributed by atoms with Gasteiger partial charge in [0.25, 0.3) is 0 Å². The standard InChI is InChI=1S/C19H28O4/c1-4-6-8-14-22-17-11-9-16(15-18(17)21-3)10-12-19(20)23-13-7-5-2/h9-12,15H,4-8,13-14H2,1-3H3/b12-10+. The molecule has 0 saturated carbocycles. The molecule has 0 aliphatic rings. The van der Waals surface area contributed by atoms with E-state index in [-0.39, 0.29) is 5.97 Å². The fraction of sp³-hybridized carbons (Fsp3) is 0.526. The molecular formula is C19H28O4. The van der Waals surface area contributed by atoms with Crippen LogP contribution >= 0.6 is 0 Å². The van der Waals surface area contributed by atoms with E-state index in [1.165, 1.54) is 12.5 Å². The molecule has 4 nitrogen and oxygen atoms in total. The summed E-state index contributed by atoms with van der Waals surface area (Å²) >= 11 is 0. The molecule has 1 aromatic carbocycles. The molecule has 1 aromatic rings. The molecule has 128 valence electrons. The average molecular weight is 320 g/mol. The summed E-state index contributed by atoms with van der Waals surface area (Å²) in [5.74, 6) is 1.08. The fourth-order valence-electron chi connectivity index (χ4n) is 1.97. The van der Waals surface area contributed by atoms with Crippen molar-refractivity contribution in [3.63, 3.8) is 0 Å². The first kappa shape index (κ1) is 19.1. The molecule has 0 saturated heterocycles. The van der Waals surface area contributed by atoms with Gasteiger partial charge in [-0.15, -0.1) is 0 Å². The quantitative estimate of drug-likeness (QED) is 0.339. The lowest BCUT2D eigenvalue weighted by Crippen LogP contribution is -2.01. The first-order valence-corrected chi connectivity index (χ1v) is 8.37. The molecule has 0 unspecified atom stereocenters. The van der Waals surface area contributed by atoms with Crippen LogP contribution < -0.4 is 9.47 Å². The number of benzene rings is 1. The average Bonchev–Trinajstić information content (AvgIpc) is 2.57. The molecule has 0 amide bonds. The molecule has 0 spiro atoms. The minimum atomic E-state index is -0.322. The number of ether oxygens (including phenoxy) is 3. The summed E-state index contributed by atoms with van der Waals surface area (Å²) in [5.41, 5.74) is 0.871. The van der Waals surface area contributed by atoms with E-state index in [1.807, 2.05) is 18.2 Å². The first-order valence-electron chi connectivity index (χ1n) is 8.37. The Kier molecular flexibility index (Phi) is 9.60. The molecule has 0 fully saturated rings. The maximum Gasteiger partial charge on any atom is 0.330 e. The third-order valence-corrected chi connectivity index (χ3v) is 3.35. The van der Waals surface area contributed by atoms with Crippen LogP contribution in [0.15, 0.2) is 24.3 Å². The Hall–Kier alpha value is -1.97. The summed E-state index contributed by atoms with van der Waals surface area (Å²) < 4.78 is 16.2. The maximum absolute atomic E-state index is 11.6. The smallest absolute Gasteiger partial charge is 0.330 e. The number of carbonyl (C=O) groups excluding carboxylic acids is 1. The minimum Gasteiger partial charge on any atom is -0.493 e. The molecule has 0 aliphatic carbocycles. The second kappa shape index (κ2) is 11.6. The van der Waals surface area contributed by atoms with E-state index in [1.54, 1.807) is 13.2 Å². The van der Waals surface area contributed by atoms with Crippen LogP contribution in [0.3, 0.4) is 0 Å². The van der Waals surface area contributed by atoms with Gasteiger partial charge in [-0.25, -0.2) is 4.79 Å². The van der Waals surface area contributed by atoms with Crippen molar-refractivity contribution in [2.45, 2.75) is 46.0 Å². The number of hydrogen-bond acceptors (Lipinski definition) is 4. The zero-order valence-corrected chi connectivity index (χ0v) is 14.5. The van der Waals surface area contributed by atoms with Crippen LogP contribution in [0, 0.1) is 0 Å². The summed E-state index contributed by atoms with van der Waals surface area (Å²) in [6.45, 7) is 5.37. The molecule has 0 aromatic heterocycles. The van der Waals surface area contributed by atoms with Gasteiger partial charge in [-0.05, 0) is 36.6 Å². The van der Waals surface area contributed by atoms with Crippen molar-refractivity contribution in [2.24, 2.45) is 0 Å². The van der Waals surface area contributed by atoms with E-state index < -0.39 is 0 Å². The molecule has 0 bridgehead atoms. The van der Waals surface area contributed by atoms with Gasteiger partial charge in [0.15, 0.2) is 11.5 Å². The monoisotopic (exact) mass is 320 g/mol. The highest BCUT2D eigenvalue weighted by molar-refractivity contribution is 5.87. The Bertz CT molecular complexity index is 494. The van der Waals surface area contributed by atoms with Gasteiger partial charge in [-0.2, -0.15) is 0 Å². The van der Waals surface area contributed by atoms with Crippen LogP contribution in [-0.2, 0) is 9.53 Å². The van der Waals surface area contributed by atoms with Crippen molar-refractivity contribution >= 4 is 12.0 Å². The van der Waals surface area contributed by atoms with Crippen LogP contribution in [0.2, 0.25) is 0 Å². The third-order valence-electron chi connectivity index (χ3n) is 3.35. The molecule has 23 heavy (non-hydrogen) atoms. The largest absolute Gasteiger partial charge is 0.493 e. The number of esters is 1. The van der Waals surface area contributed by atoms with Crippen molar-refractivity contribution in [2.75, 3.05) is 20.3 Å². The Balaban J connectivity index is 2.58. The molecule has 0 aliphatic heterocycles. The van der Waals surface area contributed by atoms with Crippen LogP contribution in [0.25, 0.3) is 6.08 Å². The second-order valence-corrected chi connectivity index (χ2v) is 5.32. The van der Waals surface area contributed by atoms with Crippen molar-refractivity contribution in [1.82, 2.24) is 0 Å². The zero-order valence-electron chi connectivity index (χ0n) is 14.5. The molecular weight excluding hydrogens is 292 g/mol.